The standard InChI is InChI=1S/C12H14N2O/c1-9-4-2-7-12(13-9)10-5-3-6-11(8-10)14-15/h2,4,7-8,15H,3,5-6H2,1H3/b14-11+. The lowest BCUT2D eigenvalue weighted by molar-refractivity contribution is 0.318. The van der Waals surface area contributed by atoms with Gasteiger partial charge in [-0.15, -0.1) is 0 Å². The van der Waals surface area contributed by atoms with Gasteiger partial charge in [0.15, 0.2) is 0 Å². The zero-order chi connectivity index (χ0) is 10.7. The van der Waals surface area contributed by atoms with Crippen LogP contribution < -0.4 is 0 Å². The first-order valence-corrected chi connectivity index (χ1v) is 5.15. The fraction of sp³-hybridized carbons (Fsp3) is 0.333. The molecular formula is C12H14N2O. The molecule has 78 valence electrons. The van der Waals surface area contributed by atoms with Crippen LogP contribution in [-0.2, 0) is 0 Å². The molecule has 0 aromatic carbocycles. The largest absolute Gasteiger partial charge is 0.411 e. The summed E-state index contributed by atoms with van der Waals surface area (Å²) in [5.74, 6) is 0. The first kappa shape index (κ1) is 9.90. The second kappa shape index (κ2) is 4.26. The number of oxime groups is 1. The van der Waals surface area contributed by atoms with Crippen molar-refractivity contribution in [1.29, 1.82) is 0 Å². The van der Waals surface area contributed by atoms with Gasteiger partial charge in [0.1, 0.15) is 0 Å². The summed E-state index contributed by atoms with van der Waals surface area (Å²) in [7, 11) is 0. The molecule has 0 fully saturated rings. The molecule has 2 rings (SSSR count). The number of pyridine rings is 1. The van der Waals surface area contributed by atoms with Crippen molar-refractivity contribution in [3.8, 4) is 0 Å². The highest BCUT2D eigenvalue weighted by molar-refractivity contribution is 6.01. The van der Waals surface area contributed by atoms with E-state index in [4.69, 9.17) is 5.21 Å². The van der Waals surface area contributed by atoms with Gasteiger partial charge >= 0.3 is 0 Å². The average Bonchev–Trinajstić information content (AvgIpc) is 2.29. The maximum atomic E-state index is 8.73. The second-order valence-corrected chi connectivity index (χ2v) is 3.78. The van der Waals surface area contributed by atoms with Crippen molar-refractivity contribution in [2.24, 2.45) is 5.16 Å². The highest BCUT2D eigenvalue weighted by Crippen LogP contribution is 2.24. The van der Waals surface area contributed by atoms with Crippen molar-refractivity contribution < 1.29 is 5.21 Å². The summed E-state index contributed by atoms with van der Waals surface area (Å²) in [6.45, 7) is 1.98. The quantitative estimate of drug-likeness (QED) is 0.562. The first-order chi connectivity index (χ1) is 7.29. The topological polar surface area (TPSA) is 45.5 Å². The van der Waals surface area contributed by atoms with Crippen molar-refractivity contribution >= 4 is 11.3 Å². The molecule has 1 aliphatic rings. The van der Waals surface area contributed by atoms with Crippen molar-refractivity contribution in [1.82, 2.24) is 4.98 Å². The molecule has 0 atom stereocenters. The Morgan fingerprint density at radius 1 is 1.33 bits per heavy atom. The van der Waals surface area contributed by atoms with Gasteiger partial charge in [-0.2, -0.15) is 0 Å². The van der Waals surface area contributed by atoms with Gasteiger partial charge in [0, 0.05) is 5.69 Å². The fourth-order valence-electron chi connectivity index (χ4n) is 1.81. The van der Waals surface area contributed by atoms with Crippen molar-refractivity contribution in [2.75, 3.05) is 0 Å². The summed E-state index contributed by atoms with van der Waals surface area (Å²) in [5, 5.41) is 12.0. The summed E-state index contributed by atoms with van der Waals surface area (Å²) in [6.07, 6.45) is 4.83. The minimum atomic E-state index is 0.750. The minimum Gasteiger partial charge on any atom is -0.411 e. The molecule has 0 spiro atoms. The van der Waals surface area contributed by atoms with E-state index < -0.39 is 0 Å². The first-order valence-electron chi connectivity index (χ1n) is 5.15. The number of aromatic nitrogens is 1. The molecule has 0 unspecified atom stereocenters. The highest BCUT2D eigenvalue weighted by Gasteiger charge is 2.11. The lowest BCUT2D eigenvalue weighted by Gasteiger charge is -2.13. The van der Waals surface area contributed by atoms with Crippen molar-refractivity contribution in [3.63, 3.8) is 0 Å². The van der Waals surface area contributed by atoms with E-state index in [0.29, 0.717) is 0 Å². The molecule has 0 bridgehead atoms. The van der Waals surface area contributed by atoms with E-state index in [1.807, 2.05) is 31.2 Å². The molecule has 1 aliphatic carbocycles. The van der Waals surface area contributed by atoms with Gasteiger partial charge in [0.25, 0.3) is 0 Å². The van der Waals surface area contributed by atoms with Gasteiger partial charge in [-0.3, -0.25) is 4.98 Å². The Kier molecular flexibility index (Phi) is 2.81. The highest BCUT2D eigenvalue weighted by atomic mass is 16.4. The van der Waals surface area contributed by atoms with Gasteiger partial charge in [0.05, 0.1) is 11.4 Å². The summed E-state index contributed by atoms with van der Waals surface area (Å²) in [4.78, 5) is 4.46. The predicted octanol–water partition coefficient (Wildman–Crippen LogP) is 2.79. The summed E-state index contributed by atoms with van der Waals surface area (Å²) >= 11 is 0. The molecule has 1 aromatic heterocycles. The van der Waals surface area contributed by atoms with Crippen LogP contribution in [0.4, 0.5) is 0 Å². The third-order valence-corrected chi connectivity index (χ3v) is 2.57. The van der Waals surface area contributed by atoms with Crippen LogP contribution in [0.3, 0.4) is 0 Å². The normalized spacial score (nSPS) is 19.0. The molecular weight excluding hydrogens is 188 g/mol. The Morgan fingerprint density at radius 3 is 2.93 bits per heavy atom. The smallest absolute Gasteiger partial charge is 0.0799 e. The van der Waals surface area contributed by atoms with E-state index in [1.54, 1.807) is 0 Å². The Hall–Kier alpha value is -1.64. The van der Waals surface area contributed by atoms with Crippen LogP contribution in [-0.4, -0.2) is 15.9 Å². The number of rotatable bonds is 1. The van der Waals surface area contributed by atoms with Crippen molar-refractivity contribution in [3.05, 3.63) is 35.7 Å². The number of hydrogen-bond acceptors (Lipinski definition) is 3. The Labute approximate surface area is 89.2 Å². The predicted molar refractivity (Wildman–Crippen MR) is 60.0 cm³/mol. The Balaban J connectivity index is 2.35. The molecule has 0 saturated heterocycles. The molecule has 1 heterocycles. The molecule has 3 nitrogen and oxygen atoms in total. The van der Waals surface area contributed by atoms with E-state index in [-0.39, 0.29) is 0 Å². The molecule has 1 aromatic rings. The molecule has 0 radical (unpaired) electrons. The third-order valence-electron chi connectivity index (χ3n) is 2.57. The van der Waals surface area contributed by atoms with E-state index in [0.717, 1.165) is 41.9 Å². The molecule has 1 N–H and O–H groups in total. The van der Waals surface area contributed by atoms with Gasteiger partial charge in [0.2, 0.25) is 0 Å². The molecule has 0 saturated carbocycles. The van der Waals surface area contributed by atoms with Crippen LogP contribution in [0.2, 0.25) is 0 Å². The molecule has 0 amide bonds. The van der Waals surface area contributed by atoms with Crippen molar-refractivity contribution in [2.45, 2.75) is 26.2 Å². The lowest BCUT2D eigenvalue weighted by Crippen LogP contribution is -2.04. The molecule has 15 heavy (non-hydrogen) atoms. The van der Waals surface area contributed by atoms with E-state index in [9.17, 15) is 0 Å². The maximum Gasteiger partial charge on any atom is 0.0799 e. The van der Waals surface area contributed by atoms with Crippen LogP contribution in [0.25, 0.3) is 5.57 Å². The third kappa shape index (κ3) is 2.24. The van der Waals surface area contributed by atoms with Crippen LogP contribution in [0.5, 0.6) is 0 Å². The fourth-order valence-corrected chi connectivity index (χ4v) is 1.81. The van der Waals surface area contributed by atoms with Gasteiger partial charge < -0.3 is 5.21 Å². The SMILES string of the molecule is Cc1cccc(C2=C/C(=N/O)CCC2)n1. The second-order valence-electron chi connectivity index (χ2n) is 3.78. The average molecular weight is 202 g/mol. The maximum absolute atomic E-state index is 8.73. The molecule has 3 heteroatoms. The van der Waals surface area contributed by atoms with E-state index in [2.05, 4.69) is 10.1 Å². The Bertz CT molecular complexity index is 421. The zero-order valence-corrected chi connectivity index (χ0v) is 8.77. The lowest BCUT2D eigenvalue weighted by atomic mass is 9.95. The number of hydrogen-bond donors (Lipinski definition) is 1. The number of allylic oxidation sites excluding steroid dienone is 2. The Morgan fingerprint density at radius 2 is 2.20 bits per heavy atom. The van der Waals surface area contributed by atoms with Crippen LogP contribution in [0.1, 0.15) is 30.7 Å². The monoisotopic (exact) mass is 202 g/mol. The van der Waals surface area contributed by atoms with E-state index in [1.165, 1.54) is 0 Å². The van der Waals surface area contributed by atoms with Crippen LogP contribution in [0.15, 0.2) is 29.4 Å². The zero-order valence-electron chi connectivity index (χ0n) is 8.77. The van der Waals surface area contributed by atoms with Gasteiger partial charge in [-0.1, -0.05) is 11.2 Å². The molecule has 0 aliphatic heterocycles. The number of nitrogens with zero attached hydrogens (tertiary/aromatic N) is 2. The summed E-state index contributed by atoms with van der Waals surface area (Å²) in [6, 6.07) is 5.98. The van der Waals surface area contributed by atoms with E-state index >= 15 is 0 Å². The van der Waals surface area contributed by atoms with Crippen LogP contribution >= 0.6 is 0 Å². The minimum absolute atomic E-state index is 0.750. The van der Waals surface area contributed by atoms with Crippen LogP contribution in [0, 0.1) is 6.92 Å². The summed E-state index contributed by atoms with van der Waals surface area (Å²) in [5.41, 5.74) is 3.93. The van der Waals surface area contributed by atoms with Gasteiger partial charge in [-0.05, 0) is 50.0 Å². The van der Waals surface area contributed by atoms with Gasteiger partial charge in [-0.25, -0.2) is 0 Å². The summed E-state index contributed by atoms with van der Waals surface area (Å²) < 4.78 is 0. The number of aryl methyl sites for hydroxylation is 1.